The van der Waals surface area contributed by atoms with Crippen LogP contribution in [0.3, 0.4) is 0 Å². The van der Waals surface area contributed by atoms with Gasteiger partial charge >= 0.3 is 6.03 Å². The topological polar surface area (TPSA) is 98.3 Å². The minimum atomic E-state index is -0.281. The number of aromatic nitrogens is 3. The summed E-state index contributed by atoms with van der Waals surface area (Å²) in [5.74, 6) is 0.291. The van der Waals surface area contributed by atoms with E-state index in [1.165, 1.54) is 6.07 Å². The van der Waals surface area contributed by atoms with E-state index in [0.717, 1.165) is 48.1 Å². The summed E-state index contributed by atoms with van der Waals surface area (Å²) in [5.41, 5.74) is 11.0. The van der Waals surface area contributed by atoms with Crippen molar-refractivity contribution in [3.05, 3.63) is 59.2 Å². The van der Waals surface area contributed by atoms with Crippen LogP contribution in [0.5, 0.6) is 0 Å². The van der Waals surface area contributed by atoms with E-state index in [0.29, 0.717) is 43.5 Å². The molecule has 5 rings (SSSR count). The van der Waals surface area contributed by atoms with Crippen molar-refractivity contribution in [2.24, 2.45) is 0 Å². The standard InChI is InChI=1S/C27H33FN6O2/c1-3-5-17(6-4-2)22-11-19(28)7-8-21(22)24-10-9-23(29)26(30-24)31-27(35)33-12-18-13-34(20-15-36-16-20)32-25(18)14-33/h7-11,13,17,20H,3-6,12,14-16,29H2,1-2H3,(H,30,31,35). The molecular weight excluding hydrogens is 459 g/mol. The number of pyridine rings is 1. The second-order valence-electron chi connectivity index (χ2n) is 9.70. The van der Waals surface area contributed by atoms with Crippen LogP contribution in [0.25, 0.3) is 11.3 Å². The van der Waals surface area contributed by atoms with Gasteiger partial charge in [-0.15, -0.1) is 0 Å². The summed E-state index contributed by atoms with van der Waals surface area (Å²) in [4.78, 5) is 19.5. The Bertz CT molecular complexity index is 1230. The second kappa shape index (κ2) is 10.3. The number of nitrogens with two attached hydrogens (primary N) is 1. The monoisotopic (exact) mass is 492 g/mol. The van der Waals surface area contributed by atoms with Gasteiger partial charge in [0.15, 0.2) is 5.82 Å². The molecule has 0 saturated carbocycles. The van der Waals surface area contributed by atoms with Gasteiger partial charge in [-0.05, 0) is 54.7 Å². The number of nitrogens with zero attached hydrogens (tertiary/aromatic N) is 4. The molecular formula is C27H33FN6O2. The minimum absolute atomic E-state index is 0.243. The van der Waals surface area contributed by atoms with E-state index in [1.54, 1.807) is 23.1 Å². The van der Waals surface area contributed by atoms with Gasteiger partial charge in [-0.3, -0.25) is 10.00 Å². The molecule has 0 atom stereocenters. The maximum absolute atomic E-state index is 14.3. The van der Waals surface area contributed by atoms with Crippen molar-refractivity contribution in [1.29, 1.82) is 0 Å². The van der Waals surface area contributed by atoms with Crippen molar-refractivity contribution < 1.29 is 13.9 Å². The summed E-state index contributed by atoms with van der Waals surface area (Å²) in [5, 5.41) is 7.51. The Morgan fingerprint density at radius 2 is 1.97 bits per heavy atom. The average Bonchev–Trinajstić information content (AvgIpc) is 3.39. The van der Waals surface area contributed by atoms with E-state index in [4.69, 9.17) is 15.5 Å². The van der Waals surface area contributed by atoms with E-state index in [1.807, 2.05) is 16.9 Å². The van der Waals surface area contributed by atoms with Crippen molar-refractivity contribution in [2.75, 3.05) is 24.3 Å². The van der Waals surface area contributed by atoms with Gasteiger partial charge in [0.2, 0.25) is 0 Å². The van der Waals surface area contributed by atoms with E-state index >= 15 is 0 Å². The predicted molar refractivity (Wildman–Crippen MR) is 137 cm³/mol. The van der Waals surface area contributed by atoms with Crippen LogP contribution in [-0.4, -0.2) is 38.9 Å². The van der Waals surface area contributed by atoms with Gasteiger partial charge in [-0.25, -0.2) is 14.2 Å². The highest BCUT2D eigenvalue weighted by molar-refractivity contribution is 5.92. The minimum Gasteiger partial charge on any atom is -0.396 e. The Morgan fingerprint density at radius 1 is 1.19 bits per heavy atom. The Kier molecular flexibility index (Phi) is 6.91. The summed E-state index contributed by atoms with van der Waals surface area (Å²) >= 11 is 0. The average molecular weight is 493 g/mol. The van der Waals surface area contributed by atoms with Crippen LogP contribution in [0.15, 0.2) is 36.5 Å². The maximum Gasteiger partial charge on any atom is 0.323 e. The molecule has 0 bridgehead atoms. The van der Waals surface area contributed by atoms with Gasteiger partial charge in [0.05, 0.1) is 49.4 Å². The molecule has 2 amide bonds. The molecule has 190 valence electrons. The van der Waals surface area contributed by atoms with Gasteiger partial charge < -0.3 is 15.4 Å². The zero-order valence-corrected chi connectivity index (χ0v) is 20.8. The van der Waals surface area contributed by atoms with Crippen LogP contribution < -0.4 is 11.1 Å². The molecule has 2 aliphatic heterocycles. The molecule has 2 aromatic heterocycles. The molecule has 0 aliphatic carbocycles. The SMILES string of the molecule is CCCC(CCC)c1cc(F)ccc1-c1ccc(N)c(NC(=O)N2Cc3cn(C4COC4)nc3C2)n1. The molecule has 3 aromatic rings. The van der Waals surface area contributed by atoms with E-state index < -0.39 is 0 Å². The molecule has 36 heavy (non-hydrogen) atoms. The van der Waals surface area contributed by atoms with Gasteiger partial charge in [-0.1, -0.05) is 26.7 Å². The van der Waals surface area contributed by atoms with Crippen LogP contribution in [0.2, 0.25) is 0 Å². The third-order valence-electron chi connectivity index (χ3n) is 7.03. The lowest BCUT2D eigenvalue weighted by Gasteiger charge is -2.26. The van der Waals surface area contributed by atoms with E-state index in [2.05, 4.69) is 24.3 Å². The lowest BCUT2D eigenvalue weighted by atomic mass is 9.86. The lowest BCUT2D eigenvalue weighted by Crippen LogP contribution is -2.33. The highest BCUT2D eigenvalue weighted by Crippen LogP contribution is 2.36. The number of hydrogen-bond acceptors (Lipinski definition) is 5. The number of nitrogens with one attached hydrogen (secondary N) is 1. The highest BCUT2D eigenvalue weighted by Gasteiger charge is 2.30. The molecule has 3 N–H and O–H groups in total. The first kappa shape index (κ1) is 24.2. The van der Waals surface area contributed by atoms with Crippen molar-refractivity contribution in [3.63, 3.8) is 0 Å². The largest absolute Gasteiger partial charge is 0.396 e. The number of carbonyl (C=O) groups is 1. The first-order chi connectivity index (χ1) is 17.5. The van der Waals surface area contributed by atoms with Gasteiger partial charge in [0.1, 0.15) is 5.82 Å². The Labute approximate surface area is 210 Å². The van der Waals surface area contributed by atoms with E-state index in [-0.39, 0.29) is 23.8 Å². The van der Waals surface area contributed by atoms with E-state index in [9.17, 15) is 9.18 Å². The Morgan fingerprint density at radius 3 is 2.64 bits per heavy atom. The number of rotatable bonds is 8. The second-order valence-corrected chi connectivity index (χ2v) is 9.70. The quantitative estimate of drug-likeness (QED) is 0.435. The normalized spacial score (nSPS) is 15.3. The number of hydrogen-bond donors (Lipinski definition) is 2. The third kappa shape index (κ3) is 4.80. The number of anilines is 2. The van der Waals surface area contributed by atoms with Crippen molar-refractivity contribution in [3.8, 4) is 11.3 Å². The third-order valence-corrected chi connectivity index (χ3v) is 7.03. The summed E-state index contributed by atoms with van der Waals surface area (Å²) in [6.07, 6.45) is 5.98. The number of fused-ring (bicyclic) bond motifs is 1. The highest BCUT2D eigenvalue weighted by atomic mass is 19.1. The molecule has 4 heterocycles. The Hall–Kier alpha value is -3.46. The van der Waals surface area contributed by atoms with Gasteiger partial charge in [0, 0.05) is 17.3 Å². The number of amides is 2. The number of ether oxygens (including phenoxy) is 1. The zero-order chi connectivity index (χ0) is 25.2. The zero-order valence-electron chi connectivity index (χ0n) is 20.8. The number of nitrogen functional groups attached to an aromatic ring is 1. The molecule has 0 radical (unpaired) electrons. The van der Waals surface area contributed by atoms with Gasteiger partial charge in [0.25, 0.3) is 0 Å². The smallest absolute Gasteiger partial charge is 0.323 e. The molecule has 0 unspecified atom stereocenters. The molecule has 0 spiro atoms. The molecule has 1 aromatic carbocycles. The summed E-state index contributed by atoms with van der Waals surface area (Å²) in [7, 11) is 0. The molecule has 1 fully saturated rings. The summed E-state index contributed by atoms with van der Waals surface area (Å²) in [6.45, 7) is 6.55. The van der Waals surface area contributed by atoms with Crippen molar-refractivity contribution in [1.82, 2.24) is 19.7 Å². The summed E-state index contributed by atoms with van der Waals surface area (Å²) < 4.78 is 21.4. The fourth-order valence-electron chi connectivity index (χ4n) is 5.04. The number of carbonyl (C=O) groups excluding carboxylic acids is 1. The van der Waals surface area contributed by atoms with Gasteiger partial charge in [-0.2, -0.15) is 5.10 Å². The Balaban J connectivity index is 1.35. The maximum atomic E-state index is 14.3. The fraction of sp³-hybridized carbons (Fsp3) is 0.444. The predicted octanol–water partition coefficient (Wildman–Crippen LogP) is 5.47. The van der Waals surface area contributed by atoms with Crippen molar-refractivity contribution in [2.45, 2.75) is 64.6 Å². The van der Waals surface area contributed by atoms with Crippen molar-refractivity contribution >= 4 is 17.5 Å². The van der Waals surface area contributed by atoms with Crippen LogP contribution in [0.1, 0.15) is 68.3 Å². The number of benzene rings is 1. The molecule has 9 heteroatoms. The first-order valence-corrected chi connectivity index (χ1v) is 12.7. The number of urea groups is 1. The van der Waals surface area contributed by atoms with Crippen LogP contribution in [0.4, 0.5) is 20.7 Å². The molecule has 1 saturated heterocycles. The molecule has 8 nitrogen and oxygen atoms in total. The number of halogens is 1. The van der Waals surface area contributed by atoms with Crippen LogP contribution in [0, 0.1) is 5.82 Å². The lowest BCUT2D eigenvalue weighted by molar-refractivity contribution is -0.0289. The summed E-state index contributed by atoms with van der Waals surface area (Å²) in [6, 6.07) is 8.43. The fourth-order valence-corrected chi connectivity index (χ4v) is 5.04. The molecule has 2 aliphatic rings. The van der Waals surface area contributed by atoms with Crippen LogP contribution >= 0.6 is 0 Å². The first-order valence-electron chi connectivity index (χ1n) is 12.7. The van der Waals surface area contributed by atoms with Crippen LogP contribution in [-0.2, 0) is 17.8 Å².